The monoisotopic (exact) mass is 336 g/mol. The van der Waals surface area contributed by atoms with E-state index in [4.69, 9.17) is 0 Å². The number of nitrogens with zero attached hydrogens (tertiary/aromatic N) is 1. The number of halogens is 1. The molecule has 1 aliphatic rings. The highest BCUT2D eigenvalue weighted by Gasteiger charge is 2.19. The third kappa shape index (κ3) is 2.44. The first-order valence-corrected chi connectivity index (χ1v) is 7.81. The summed E-state index contributed by atoms with van der Waals surface area (Å²) in [6, 6.07) is 5.67. The van der Waals surface area contributed by atoms with Crippen LogP contribution in [0.2, 0.25) is 0 Å². The zero-order chi connectivity index (χ0) is 13.4. The van der Waals surface area contributed by atoms with Crippen molar-refractivity contribution in [2.24, 2.45) is 0 Å². The summed E-state index contributed by atoms with van der Waals surface area (Å²) in [5.41, 5.74) is 2.85. The summed E-state index contributed by atoms with van der Waals surface area (Å²) < 4.78 is 0.844. The smallest absolute Gasteiger partial charge is 0.258 e. The standard InChI is InChI=1S/C14H13BrN2OS/c1-8-4-2-5-9(12(8)15)13(18)17-14-16-10-6-3-7-11(10)19-14/h2,4-5H,3,6-7H2,1H3,(H,16,17,18). The second-order valence-electron chi connectivity index (χ2n) is 4.63. The van der Waals surface area contributed by atoms with E-state index < -0.39 is 0 Å². The molecule has 0 fully saturated rings. The maximum absolute atomic E-state index is 12.2. The molecular formula is C14H13BrN2OS. The van der Waals surface area contributed by atoms with Crippen LogP contribution in [0.1, 0.15) is 32.9 Å². The van der Waals surface area contributed by atoms with Crippen LogP contribution in [-0.4, -0.2) is 10.9 Å². The van der Waals surface area contributed by atoms with Gasteiger partial charge in [0.25, 0.3) is 5.91 Å². The summed E-state index contributed by atoms with van der Waals surface area (Å²) in [6.07, 6.45) is 3.32. The molecule has 1 amide bonds. The first-order chi connectivity index (χ1) is 9.15. The molecule has 0 atom stereocenters. The Bertz CT molecular complexity index is 629. The lowest BCUT2D eigenvalue weighted by Gasteiger charge is -2.06. The van der Waals surface area contributed by atoms with Crippen molar-refractivity contribution < 1.29 is 4.79 Å². The average Bonchev–Trinajstić information content (AvgIpc) is 2.93. The Labute approximate surface area is 124 Å². The highest BCUT2D eigenvalue weighted by molar-refractivity contribution is 9.10. The second-order valence-corrected chi connectivity index (χ2v) is 6.51. The number of carbonyl (C=O) groups excluding carboxylic acids is 1. The van der Waals surface area contributed by atoms with Gasteiger partial charge in [0.2, 0.25) is 0 Å². The SMILES string of the molecule is Cc1cccc(C(=O)Nc2nc3c(s2)CCC3)c1Br. The fraction of sp³-hybridized carbons (Fsp3) is 0.286. The molecule has 98 valence electrons. The van der Waals surface area contributed by atoms with Crippen LogP contribution < -0.4 is 5.32 Å². The Morgan fingerprint density at radius 2 is 2.26 bits per heavy atom. The minimum atomic E-state index is -0.108. The Morgan fingerprint density at radius 1 is 1.42 bits per heavy atom. The summed E-state index contributed by atoms with van der Waals surface area (Å²) in [6.45, 7) is 1.97. The molecule has 3 rings (SSSR count). The third-order valence-corrected chi connectivity index (χ3v) is 5.38. The summed E-state index contributed by atoms with van der Waals surface area (Å²) >= 11 is 5.06. The van der Waals surface area contributed by atoms with Crippen molar-refractivity contribution in [2.75, 3.05) is 5.32 Å². The number of anilines is 1. The number of thiazole rings is 1. The van der Waals surface area contributed by atoms with Crippen LogP contribution in [0.4, 0.5) is 5.13 Å². The van der Waals surface area contributed by atoms with E-state index in [-0.39, 0.29) is 5.91 Å². The van der Waals surface area contributed by atoms with E-state index in [0.717, 1.165) is 28.6 Å². The number of amides is 1. The molecule has 19 heavy (non-hydrogen) atoms. The molecule has 0 radical (unpaired) electrons. The van der Waals surface area contributed by atoms with Gasteiger partial charge in [-0.3, -0.25) is 10.1 Å². The van der Waals surface area contributed by atoms with Crippen LogP contribution in [0.5, 0.6) is 0 Å². The average molecular weight is 337 g/mol. The Hall–Kier alpha value is -1.20. The molecule has 1 heterocycles. The minimum absolute atomic E-state index is 0.108. The Kier molecular flexibility index (Phi) is 3.41. The summed E-state index contributed by atoms with van der Waals surface area (Å²) in [7, 11) is 0. The number of fused-ring (bicyclic) bond motifs is 1. The first kappa shape index (κ1) is 12.8. The van der Waals surface area contributed by atoms with Gasteiger partial charge in [0.15, 0.2) is 5.13 Å². The van der Waals surface area contributed by atoms with Crippen molar-refractivity contribution in [3.8, 4) is 0 Å². The van der Waals surface area contributed by atoms with Crippen LogP contribution in [0.25, 0.3) is 0 Å². The van der Waals surface area contributed by atoms with Gasteiger partial charge in [-0.1, -0.05) is 12.1 Å². The highest BCUT2D eigenvalue weighted by atomic mass is 79.9. The molecule has 0 spiro atoms. The molecule has 1 aromatic heterocycles. The van der Waals surface area contributed by atoms with E-state index >= 15 is 0 Å². The van der Waals surface area contributed by atoms with Crippen molar-refractivity contribution in [3.63, 3.8) is 0 Å². The fourth-order valence-electron chi connectivity index (χ4n) is 2.23. The maximum Gasteiger partial charge on any atom is 0.258 e. The molecule has 3 nitrogen and oxygen atoms in total. The third-order valence-electron chi connectivity index (χ3n) is 3.25. The molecule has 0 unspecified atom stereocenters. The van der Waals surface area contributed by atoms with Gasteiger partial charge in [0.05, 0.1) is 11.3 Å². The minimum Gasteiger partial charge on any atom is -0.298 e. The predicted molar refractivity (Wildman–Crippen MR) is 81.0 cm³/mol. The predicted octanol–water partition coefficient (Wildman–Crippen LogP) is 3.96. The topological polar surface area (TPSA) is 42.0 Å². The molecule has 5 heteroatoms. The lowest BCUT2D eigenvalue weighted by Crippen LogP contribution is -2.12. The van der Waals surface area contributed by atoms with E-state index in [1.54, 1.807) is 11.3 Å². The van der Waals surface area contributed by atoms with E-state index in [1.807, 2.05) is 25.1 Å². The molecule has 0 saturated heterocycles. The normalized spacial score (nSPS) is 13.4. The Balaban J connectivity index is 1.82. The van der Waals surface area contributed by atoms with Crippen molar-refractivity contribution in [2.45, 2.75) is 26.2 Å². The molecule has 1 aliphatic carbocycles. The highest BCUT2D eigenvalue weighted by Crippen LogP contribution is 2.31. The summed E-state index contributed by atoms with van der Waals surface area (Å²) in [5.74, 6) is -0.108. The summed E-state index contributed by atoms with van der Waals surface area (Å²) in [4.78, 5) is 18.0. The van der Waals surface area contributed by atoms with Crippen LogP contribution in [0.15, 0.2) is 22.7 Å². The summed E-state index contributed by atoms with van der Waals surface area (Å²) in [5, 5.41) is 3.61. The zero-order valence-electron chi connectivity index (χ0n) is 10.5. The molecular weight excluding hydrogens is 324 g/mol. The molecule has 2 aromatic rings. The van der Waals surface area contributed by atoms with E-state index in [2.05, 4.69) is 26.2 Å². The van der Waals surface area contributed by atoms with Crippen molar-refractivity contribution in [3.05, 3.63) is 44.4 Å². The number of carbonyl (C=O) groups is 1. The maximum atomic E-state index is 12.2. The number of rotatable bonds is 2. The number of hydrogen-bond acceptors (Lipinski definition) is 3. The van der Waals surface area contributed by atoms with Crippen molar-refractivity contribution in [1.82, 2.24) is 4.98 Å². The quantitative estimate of drug-likeness (QED) is 0.901. The molecule has 1 aromatic carbocycles. The number of aryl methyl sites for hydroxylation is 3. The van der Waals surface area contributed by atoms with E-state index in [1.165, 1.54) is 11.3 Å². The zero-order valence-corrected chi connectivity index (χ0v) is 12.9. The lowest BCUT2D eigenvalue weighted by molar-refractivity contribution is 0.102. The van der Waals surface area contributed by atoms with Gasteiger partial charge in [-0.25, -0.2) is 4.98 Å². The van der Waals surface area contributed by atoms with Gasteiger partial charge >= 0.3 is 0 Å². The number of hydrogen-bond donors (Lipinski definition) is 1. The number of aromatic nitrogens is 1. The van der Waals surface area contributed by atoms with E-state index in [0.29, 0.717) is 10.7 Å². The van der Waals surface area contributed by atoms with E-state index in [9.17, 15) is 4.79 Å². The second kappa shape index (κ2) is 5.06. The number of benzene rings is 1. The fourth-order valence-corrected chi connectivity index (χ4v) is 3.72. The largest absolute Gasteiger partial charge is 0.298 e. The van der Waals surface area contributed by atoms with Gasteiger partial charge in [-0.05, 0) is 53.7 Å². The van der Waals surface area contributed by atoms with Gasteiger partial charge in [-0.15, -0.1) is 11.3 Å². The lowest BCUT2D eigenvalue weighted by atomic mass is 10.1. The van der Waals surface area contributed by atoms with Crippen LogP contribution in [-0.2, 0) is 12.8 Å². The number of nitrogens with one attached hydrogen (secondary N) is 1. The van der Waals surface area contributed by atoms with Gasteiger partial charge < -0.3 is 0 Å². The van der Waals surface area contributed by atoms with Crippen LogP contribution >= 0.6 is 27.3 Å². The molecule has 1 N–H and O–H groups in total. The van der Waals surface area contributed by atoms with Crippen LogP contribution in [0, 0.1) is 6.92 Å². The Morgan fingerprint density at radius 3 is 3.05 bits per heavy atom. The van der Waals surface area contributed by atoms with Gasteiger partial charge in [-0.2, -0.15) is 0 Å². The van der Waals surface area contributed by atoms with Gasteiger partial charge in [0, 0.05) is 9.35 Å². The van der Waals surface area contributed by atoms with Crippen molar-refractivity contribution >= 4 is 38.3 Å². The van der Waals surface area contributed by atoms with Crippen molar-refractivity contribution in [1.29, 1.82) is 0 Å². The van der Waals surface area contributed by atoms with Gasteiger partial charge in [0.1, 0.15) is 0 Å². The molecule has 0 bridgehead atoms. The molecule has 0 saturated carbocycles. The first-order valence-electron chi connectivity index (χ1n) is 6.20. The molecule has 0 aliphatic heterocycles. The van der Waals surface area contributed by atoms with Crippen LogP contribution in [0.3, 0.4) is 0 Å².